The van der Waals surface area contributed by atoms with Crippen molar-refractivity contribution in [3.63, 3.8) is 0 Å². The molecule has 22 heavy (non-hydrogen) atoms. The first-order valence-corrected chi connectivity index (χ1v) is 10.4. The van der Waals surface area contributed by atoms with Gasteiger partial charge in [0.2, 0.25) is 20.0 Å². The summed E-state index contributed by atoms with van der Waals surface area (Å²) in [6.45, 7) is -0.940. The lowest BCUT2D eigenvalue weighted by molar-refractivity contribution is 0.236. The zero-order valence-corrected chi connectivity index (χ0v) is 13.6. The SMILES string of the molecule is CS(=O)(=O)Nc1ccc(S(=O)(=O)NCC(O)S(=O)(=O)O)cc1. The third-order valence-electron chi connectivity index (χ3n) is 2.26. The molecule has 10 nitrogen and oxygen atoms in total. The summed E-state index contributed by atoms with van der Waals surface area (Å²) in [4.78, 5) is -0.283. The van der Waals surface area contributed by atoms with Gasteiger partial charge < -0.3 is 5.11 Å². The van der Waals surface area contributed by atoms with E-state index >= 15 is 0 Å². The van der Waals surface area contributed by atoms with Gasteiger partial charge in [-0.15, -0.1) is 0 Å². The van der Waals surface area contributed by atoms with Gasteiger partial charge in [0.1, 0.15) is 0 Å². The fraction of sp³-hybridized carbons (Fsp3) is 0.333. The lowest BCUT2D eigenvalue weighted by Gasteiger charge is -2.10. The normalized spacial score (nSPS) is 14.5. The van der Waals surface area contributed by atoms with Crippen molar-refractivity contribution in [2.24, 2.45) is 0 Å². The zero-order valence-electron chi connectivity index (χ0n) is 11.2. The van der Waals surface area contributed by atoms with Crippen molar-refractivity contribution in [1.82, 2.24) is 4.72 Å². The molecule has 1 rings (SSSR count). The van der Waals surface area contributed by atoms with Gasteiger partial charge in [0.25, 0.3) is 10.1 Å². The zero-order chi connectivity index (χ0) is 17.2. The molecule has 13 heteroatoms. The highest BCUT2D eigenvalue weighted by Gasteiger charge is 2.23. The second kappa shape index (κ2) is 6.47. The summed E-state index contributed by atoms with van der Waals surface area (Å²) in [7, 11) is -12.4. The first kappa shape index (κ1) is 18.8. The summed E-state index contributed by atoms with van der Waals surface area (Å²) in [6.07, 6.45) is 0.927. The van der Waals surface area contributed by atoms with E-state index in [1.807, 2.05) is 0 Å². The summed E-state index contributed by atoms with van der Waals surface area (Å²) in [5, 5.41) is 9.03. The number of aliphatic hydroxyl groups excluding tert-OH is 1. The smallest absolute Gasteiger partial charge is 0.293 e. The van der Waals surface area contributed by atoms with Gasteiger partial charge in [-0.3, -0.25) is 9.27 Å². The van der Waals surface area contributed by atoms with Crippen molar-refractivity contribution in [2.75, 3.05) is 17.5 Å². The number of anilines is 1. The molecule has 4 N–H and O–H groups in total. The number of aliphatic hydroxyl groups is 1. The average molecular weight is 374 g/mol. The van der Waals surface area contributed by atoms with Crippen LogP contribution in [0.1, 0.15) is 0 Å². The Balaban J connectivity index is 2.86. The van der Waals surface area contributed by atoms with E-state index in [4.69, 9.17) is 9.66 Å². The van der Waals surface area contributed by atoms with E-state index in [1.165, 1.54) is 12.1 Å². The van der Waals surface area contributed by atoms with Crippen LogP contribution in [0.5, 0.6) is 0 Å². The molecule has 0 radical (unpaired) electrons. The van der Waals surface area contributed by atoms with Crippen molar-refractivity contribution in [3.8, 4) is 0 Å². The van der Waals surface area contributed by atoms with Crippen molar-refractivity contribution >= 4 is 35.9 Å². The van der Waals surface area contributed by atoms with Gasteiger partial charge in [-0.25, -0.2) is 21.6 Å². The Morgan fingerprint density at radius 3 is 1.95 bits per heavy atom. The van der Waals surface area contributed by atoms with Gasteiger partial charge in [-0.2, -0.15) is 8.42 Å². The van der Waals surface area contributed by atoms with Gasteiger partial charge >= 0.3 is 0 Å². The van der Waals surface area contributed by atoms with E-state index < -0.39 is 42.1 Å². The lowest BCUT2D eigenvalue weighted by Crippen LogP contribution is -2.36. The first-order valence-electron chi connectivity index (χ1n) is 5.53. The molecular formula is C9H14N2O8S3. The van der Waals surface area contributed by atoms with Crippen molar-refractivity contribution < 1.29 is 34.9 Å². The Labute approximate surface area is 128 Å². The molecule has 0 saturated heterocycles. The average Bonchev–Trinajstić information content (AvgIpc) is 2.33. The monoisotopic (exact) mass is 374 g/mol. The highest BCUT2D eigenvalue weighted by atomic mass is 32.2. The summed E-state index contributed by atoms with van der Waals surface area (Å²) >= 11 is 0. The number of rotatable bonds is 7. The summed E-state index contributed by atoms with van der Waals surface area (Å²) in [6, 6.07) is 4.54. The third-order valence-corrected chi connectivity index (χ3v) is 5.16. The van der Waals surface area contributed by atoms with Crippen LogP contribution in [-0.2, 0) is 30.2 Å². The highest BCUT2D eigenvalue weighted by Crippen LogP contribution is 2.14. The maximum absolute atomic E-state index is 11.8. The minimum Gasteiger partial charge on any atom is -0.374 e. The Morgan fingerprint density at radius 2 is 1.55 bits per heavy atom. The minimum absolute atomic E-state index is 0.138. The number of sulfonamides is 2. The number of benzene rings is 1. The van der Waals surface area contributed by atoms with E-state index in [0.29, 0.717) is 0 Å². The van der Waals surface area contributed by atoms with Crippen LogP contribution >= 0.6 is 0 Å². The largest absolute Gasteiger partial charge is 0.374 e. The molecule has 1 aromatic rings. The summed E-state index contributed by atoms with van der Waals surface area (Å²) in [5.74, 6) is 0. The Bertz CT molecular complexity index is 827. The molecule has 0 spiro atoms. The molecule has 0 aliphatic rings. The van der Waals surface area contributed by atoms with Crippen LogP contribution in [0.15, 0.2) is 29.2 Å². The van der Waals surface area contributed by atoms with E-state index in [2.05, 4.69) is 4.72 Å². The Kier molecular flexibility index (Phi) is 5.53. The van der Waals surface area contributed by atoms with Gasteiger partial charge in [0.15, 0.2) is 5.44 Å². The lowest BCUT2D eigenvalue weighted by atomic mass is 10.3. The van der Waals surface area contributed by atoms with Crippen LogP contribution in [0.3, 0.4) is 0 Å². The van der Waals surface area contributed by atoms with Crippen LogP contribution < -0.4 is 9.44 Å². The van der Waals surface area contributed by atoms with E-state index in [1.54, 1.807) is 4.72 Å². The molecule has 0 bridgehead atoms. The number of nitrogens with one attached hydrogen (secondary N) is 2. The highest BCUT2D eigenvalue weighted by molar-refractivity contribution is 7.92. The van der Waals surface area contributed by atoms with Crippen molar-refractivity contribution in [2.45, 2.75) is 10.3 Å². The summed E-state index contributed by atoms with van der Waals surface area (Å²) in [5.41, 5.74) is -2.16. The van der Waals surface area contributed by atoms with Gasteiger partial charge in [-0.1, -0.05) is 0 Å². The molecule has 0 aromatic heterocycles. The summed E-state index contributed by atoms with van der Waals surface area (Å²) < 4.78 is 79.2. The molecule has 126 valence electrons. The van der Waals surface area contributed by atoms with Crippen LogP contribution in [0.4, 0.5) is 5.69 Å². The molecule has 1 atom stereocenters. The Morgan fingerprint density at radius 1 is 1.05 bits per heavy atom. The fourth-order valence-electron chi connectivity index (χ4n) is 1.29. The predicted molar refractivity (Wildman–Crippen MR) is 77.7 cm³/mol. The molecule has 0 fully saturated rings. The van der Waals surface area contributed by atoms with Gasteiger partial charge in [0.05, 0.1) is 17.7 Å². The third kappa shape index (κ3) is 5.86. The number of hydrogen-bond acceptors (Lipinski definition) is 7. The van der Waals surface area contributed by atoms with Crippen molar-refractivity contribution in [3.05, 3.63) is 24.3 Å². The van der Waals surface area contributed by atoms with Crippen LogP contribution in [0, 0.1) is 0 Å². The second-order valence-corrected chi connectivity index (χ2v) is 9.31. The molecule has 0 saturated carbocycles. The van der Waals surface area contributed by atoms with Gasteiger partial charge in [-0.05, 0) is 24.3 Å². The molecule has 0 aliphatic heterocycles. The first-order chi connectivity index (χ1) is 9.81. The standard InChI is InChI=1S/C9H14N2O8S3/c1-20(13,14)11-7-2-4-8(5-3-7)21(15,16)10-6-9(12)22(17,18)19/h2-5,9-12H,6H2,1H3,(H,17,18,19). The minimum atomic E-state index is -4.78. The molecule has 1 unspecified atom stereocenters. The molecule has 0 heterocycles. The Hall–Kier alpha value is -1.25. The molecule has 0 amide bonds. The van der Waals surface area contributed by atoms with Crippen LogP contribution in [-0.4, -0.2) is 53.1 Å². The number of hydrogen-bond donors (Lipinski definition) is 4. The maximum atomic E-state index is 11.8. The molecule has 0 aliphatic carbocycles. The molecular weight excluding hydrogens is 360 g/mol. The predicted octanol–water partition coefficient (Wildman–Crippen LogP) is -1.46. The van der Waals surface area contributed by atoms with E-state index in [9.17, 15) is 25.3 Å². The van der Waals surface area contributed by atoms with E-state index in [-0.39, 0.29) is 10.6 Å². The van der Waals surface area contributed by atoms with Gasteiger partial charge in [0, 0.05) is 5.69 Å². The fourth-order valence-corrected chi connectivity index (χ4v) is 3.29. The van der Waals surface area contributed by atoms with E-state index in [0.717, 1.165) is 18.4 Å². The molecule has 1 aromatic carbocycles. The maximum Gasteiger partial charge on any atom is 0.293 e. The van der Waals surface area contributed by atoms with Crippen LogP contribution in [0.2, 0.25) is 0 Å². The second-order valence-electron chi connectivity index (χ2n) is 4.22. The van der Waals surface area contributed by atoms with Crippen LogP contribution in [0.25, 0.3) is 0 Å². The van der Waals surface area contributed by atoms with Crippen molar-refractivity contribution in [1.29, 1.82) is 0 Å². The topological polar surface area (TPSA) is 167 Å². The quantitative estimate of drug-likeness (QED) is 0.420.